The van der Waals surface area contributed by atoms with Crippen LogP contribution in [0.1, 0.15) is 19.4 Å². The van der Waals surface area contributed by atoms with Gasteiger partial charge in [0.25, 0.3) is 0 Å². The normalized spacial score (nSPS) is 14.9. The zero-order valence-electron chi connectivity index (χ0n) is 13.2. The van der Waals surface area contributed by atoms with Gasteiger partial charge in [-0.1, -0.05) is 30.3 Å². The largest absolute Gasteiger partial charge is 0.454 e. The van der Waals surface area contributed by atoms with Gasteiger partial charge in [-0.25, -0.2) is 0 Å². The fraction of sp³-hybridized carbons (Fsp3) is 0.263. The Balaban J connectivity index is 1.90. The Morgan fingerprint density at radius 1 is 1.00 bits per heavy atom. The number of furan rings is 1. The number of hydrogen-bond acceptors (Lipinski definition) is 3. The quantitative estimate of drug-likeness (QED) is 0.673. The van der Waals surface area contributed by atoms with Crippen molar-refractivity contribution in [1.29, 1.82) is 0 Å². The summed E-state index contributed by atoms with van der Waals surface area (Å²) in [5, 5.41) is 2.37. The van der Waals surface area contributed by atoms with E-state index in [1.807, 2.05) is 12.1 Å². The second-order valence-corrected chi connectivity index (χ2v) is 6.22. The van der Waals surface area contributed by atoms with E-state index in [2.05, 4.69) is 67.2 Å². The zero-order valence-corrected chi connectivity index (χ0v) is 13.2. The molecule has 3 nitrogen and oxygen atoms in total. The molecule has 0 radical (unpaired) electrons. The van der Waals surface area contributed by atoms with Gasteiger partial charge in [0, 0.05) is 29.2 Å². The Morgan fingerprint density at radius 2 is 1.82 bits per heavy atom. The van der Waals surface area contributed by atoms with E-state index in [0.29, 0.717) is 6.04 Å². The van der Waals surface area contributed by atoms with Crippen LogP contribution in [0.3, 0.4) is 0 Å². The van der Waals surface area contributed by atoms with Gasteiger partial charge in [-0.05, 0) is 32.4 Å². The van der Waals surface area contributed by atoms with Crippen LogP contribution >= 0.6 is 0 Å². The molecule has 0 N–H and O–H groups in total. The molecule has 112 valence electrons. The molecular weight excluding hydrogens is 272 g/mol. The van der Waals surface area contributed by atoms with Crippen molar-refractivity contribution in [2.24, 2.45) is 0 Å². The van der Waals surface area contributed by atoms with Crippen LogP contribution < -0.4 is 4.90 Å². The molecule has 1 aromatic heterocycles. The summed E-state index contributed by atoms with van der Waals surface area (Å²) in [6, 6.07) is 13.1. The van der Waals surface area contributed by atoms with Crippen LogP contribution in [0.4, 0.5) is 5.69 Å². The Morgan fingerprint density at radius 3 is 2.59 bits per heavy atom. The van der Waals surface area contributed by atoms with Gasteiger partial charge in [0.2, 0.25) is 0 Å². The summed E-state index contributed by atoms with van der Waals surface area (Å²) in [7, 11) is 0. The second kappa shape index (κ2) is 4.80. The molecule has 1 aliphatic heterocycles. The number of rotatable bonds is 2. The van der Waals surface area contributed by atoms with Crippen molar-refractivity contribution in [1.82, 2.24) is 4.90 Å². The Labute approximate surface area is 130 Å². The van der Waals surface area contributed by atoms with Crippen molar-refractivity contribution >= 4 is 27.6 Å². The molecule has 0 unspecified atom stereocenters. The van der Waals surface area contributed by atoms with Crippen molar-refractivity contribution in [3.63, 3.8) is 0 Å². The molecule has 0 fully saturated rings. The van der Waals surface area contributed by atoms with Gasteiger partial charge in [-0.3, -0.25) is 0 Å². The maximum atomic E-state index is 6.18. The van der Waals surface area contributed by atoms with E-state index in [1.54, 1.807) is 0 Å². The molecule has 0 amide bonds. The first-order valence-electron chi connectivity index (χ1n) is 7.76. The molecule has 2 aromatic carbocycles. The summed E-state index contributed by atoms with van der Waals surface area (Å²) >= 11 is 0. The molecule has 0 bridgehead atoms. The minimum Gasteiger partial charge on any atom is -0.454 e. The third kappa shape index (κ3) is 1.89. The highest BCUT2D eigenvalue weighted by Gasteiger charge is 2.22. The van der Waals surface area contributed by atoms with Crippen molar-refractivity contribution in [2.75, 3.05) is 11.6 Å². The lowest BCUT2D eigenvalue weighted by Crippen LogP contribution is -2.30. The fourth-order valence-corrected chi connectivity index (χ4v) is 3.15. The minimum atomic E-state index is 0.497. The van der Waals surface area contributed by atoms with Gasteiger partial charge in [-0.2, -0.15) is 0 Å². The highest BCUT2D eigenvalue weighted by molar-refractivity contribution is 6.09. The van der Waals surface area contributed by atoms with Crippen molar-refractivity contribution in [3.8, 4) is 0 Å². The van der Waals surface area contributed by atoms with Crippen LogP contribution in [-0.2, 0) is 0 Å². The summed E-state index contributed by atoms with van der Waals surface area (Å²) in [6.45, 7) is 7.44. The first-order valence-corrected chi connectivity index (χ1v) is 7.76. The van der Waals surface area contributed by atoms with Crippen molar-refractivity contribution in [2.45, 2.75) is 26.8 Å². The highest BCUT2D eigenvalue weighted by Crippen LogP contribution is 2.38. The number of hydrogen-bond donors (Lipinski definition) is 0. The SMILES string of the molecule is Cc1ccc2c(oc3ccccc32)c1N1C=CN(C(C)C)C1. The van der Waals surface area contributed by atoms with Gasteiger partial charge in [-0.15, -0.1) is 0 Å². The standard InChI is InChI=1S/C19H20N2O/c1-13(2)20-10-11-21(12-20)18-14(3)8-9-16-15-6-4-5-7-17(15)22-19(16)18/h4-11,13H,12H2,1-3H3. The van der Waals surface area contributed by atoms with E-state index in [-0.39, 0.29) is 0 Å². The van der Waals surface area contributed by atoms with Crippen molar-refractivity contribution < 1.29 is 4.42 Å². The average Bonchev–Trinajstić information content (AvgIpc) is 3.11. The molecule has 0 atom stereocenters. The van der Waals surface area contributed by atoms with E-state index >= 15 is 0 Å². The predicted molar refractivity (Wildman–Crippen MR) is 91.9 cm³/mol. The zero-order chi connectivity index (χ0) is 15.3. The van der Waals surface area contributed by atoms with Crippen LogP contribution in [0.15, 0.2) is 53.2 Å². The molecule has 3 aromatic rings. The van der Waals surface area contributed by atoms with E-state index in [9.17, 15) is 0 Å². The summed E-state index contributed by atoms with van der Waals surface area (Å²) in [5.41, 5.74) is 4.35. The predicted octanol–water partition coefficient (Wildman–Crippen LogP) is 4.85. The van der Waals surface area contributed by atoms with E-state index in [4.69, 9.17) is 4.42 Å². The van der Waals surface area contributed by atoms with Gasteiger partial charge >= 0.3 is 0 Å². The van der Waals surface area contributed by atoms with E-state index in [0.717, 1.165) is 17.8 Å². The van der Waals surface area contributed by atoms with Crippen LogP contribution in [0, 0.1) is 6.92 Å². The summed E-state index contributed by atoms with van der Waals surface area (Å²) in [6.07, 6.45) is 4.31. The lowest BCUT2D eigenvalue weighted by Gasteiger charge is -2.25. The number of fused-ring (bicyclic) bond motifs is 3. The van der Waals surface area contributed by atoms with Crippen molar-refractivity contribution in [3.05, 3.63) is 54.4 Å². The first kappa shape index (κ1) is 13.3. The number of para-hydroxylation sites is 1. The highest BCUT2D eigenvalue weighted by atomic mass is 16.3. The Bertz CT molecular complexity index is 876. The maximum absolute atomic E-state index is 6.18. The molecule has 0 spiro atoms. The molecule has 0 saturated carbocycles. The van der Waals surface area contributed by atoms with Gasteiger partial charge < -0.3 is 14.2 Å². The summed E-state index contributed by atoms with van der Waals surface area (Å²) < 4.78 is 6.18. The fourth-order valence-electron chi connectivity index (χ4n) is 3.15. The third-order valence-corrected chi connectivity index (χ3v) is 4.43. The van der Waals surface area contributed by atoms with Crippen LogP contribution in [0.2, 0.25) is 0 Å². The van der Waals surface area contributed by atoms with Crippen LogP contribution in [0.25, 0.3) is 21.9 Å². The Hall–Kier alpha value is -2.42. The molecule has 22 heavy (non-hydrogen) atoms. The lowest BCUT2D eigenvalue weighted by atomic mass is 10.1. The first-order chi connectivity index (χ1) is 10.6. The number of nitrogens with zero attached hydrogens (tertiary/aromatic N) is 2. The van der Waals surface area contributed by atoms with Crippen LogP contribution in [-0.4, -0.2) is 17.6 Å². The summed E-state index contributed by atoms with van der Waals surface area (Å²) in [4.78, 5) is 4.60. The second-order valence-electron chi connectivity index (χ2n) is 6.22. The van der Waals surface area contributed by atoms with Gasteiger partial charge in [0.05, 0.1) is 12.4 Å². The van der Waals surface area contributed by atoms with Gasteiger partial charge in [0.1, 0.15) is 5.58 Å². The molecule has 4 rings (SSSR count). The van der Waals surface area contributed by atoms with Gasteiger partial charge in [0.15, 0.2) is 5.58 Å². The topological polar surface area (TPSA) is 19.6 Å². The number of benzene rings is 2. The molecule has 1 aliphatic rings. The summed E-state index contributed by atoms with van der Waals surface area (Å²) in [5.74, 6) is 0. The molecule has 2 heterocycles. The number of anilines is 1. The van der Waals surface area contributed by atoms with Crippen LogP contribution in [0.5, 0.6) is 0 Å². The minimum absolute atomic E-state index is 0.497. The Kier molecular flexibility index (Phi) is 2.89. The molecule has 0 saturated heterocycles. The van der Waals surface area contributed by atoms with E-state index in [1.165, 1.54) is 22.0 Å². The molecule has 0 aliphatic carbocycles. The average molecular weight is 292 g/mol. The maximum Gasteiger partial charge on any atom is 0.159 e. The lowest BCUT2D eigenvalue weighted by molar-refractivity contribution is 0.336. The monoisotopic (exact) mass is 292 g/mol. The number of aryl methyl sites for hydroxylation is 1. The molecule has 3 heteroatoms. The third-order valence-electron chi connectivity index (χ3n) is 4.43. The molecular formula is C19H20N2O. The van der Waals surface area contributed by atoms with E-state index < -0.39 is 0 Å². The smallest absolute Gasteiger partial charge is 0.159 e.